The summed E-state index contributed by atoms with van der Waals surface area (Å²) in [5.74, 6) is 1.05. The number of hydrogen-bond acceptors (Lipinski definition) is 5. The highest BCUT2D eigenvalue weighted by Gasteiger charge is 2.41. The van der Waals surface area contributed by atoms with E-state index in [1.165, 1.54) is 0 Å². The molecule has 1 saturated carbocycles. The average molecular weight is 274 g/mol. The van der Waals surface area contributed by atoms with Crippen molar-refractivity contribution in [3.05, 3.63) is 12.2 Å². The van der Waals surface area contributed by atoms with Crippen LogP contribution in [0.2, 0.25) is 0 Å². The van der Waals surface area contributed by atoms with E-state index in [-0.39, 0.29) is 5.54 Å². The summed E-state index contributed by atoms with van der Waals surface area (Å²) < 4.78 is 2.12. The molecule has 108 valence electrons. The Hall–Kier alpha value is -1.45. The van der Waals surface area contributed by atoms with Gasteiger partial charge in [0.1, 0.15) is 17.7 Å². The first kappa shape index (κ1) is 13.5. The van der Waals surface area contributed by atoms with Gasteiger partial charge in [-0.1, -0.05) is 6.92 Å². The molecule has 1 aliphatic carbocycles. The molecule has 6 nitrogen and oxygen atoms in total. The predicted molar refractivity (Wildman–Crippen MR) is 74.7 cm³/mol. The molecule has 0 aromatic carbocycles. The summed E-state index contributed by atoms with van der Waals surface area (Å²) in [5, 5.41) is 21.1. The van der Waals surface area contributed by atoms with Gasteiger partial charge in [0.2, 0.25) is 0 Å². The van der Waals surface area contributed by atoms with Crippen molar-refractivity contribution in [2.45, 2.75) is 57.3 Å². The van der Waals surface area contributed by atoms with Crippen LogP contribution < -0.4 is 5.32 Å². The fraction of sp³-hybridized carbons (Fsp3) is 0.786. The molecule has 0 spiro atoms. The molecule has 1 aromatic rings. The van der Waals surface area contributed by atoms with Crippen LogP contribution in [0.3, 0.4) is 0 Å². The van der Waals surface area contributed by atoms with E-state index in [9.17, 15) is 5.26 Å². The Labute approximate surface area is 119 Å². The Morgan fingerprint density at radius 1 is 1.55 bits per heavy atom. The van der Waals surface area contributed by atoms with Crippen molar-refractivity contribution in [3.63, 3.8) is 0 Å². The molecule has 0 amide bonds. The summed E-state index contributed by atoms with van der Waals surface area (Å²) in [6.07, 6.45) is 5.86. The average Bonchev–Trinajstić information content (AvgIpc) is 3.11. The second-order valence-corrected chi connectivity index (χ2v) is 5.93. The highest BCUT2D eigenvalue weighted by Crippen LogP contribution is 2.34. The first-order chi connectivity index (χ1) is 9.76. The molecule has 20 heavy (non-hydrogen) atoms. The van der Waals surface area contributed by atoms with Gasteiger partial charge in [-0.2, -0.15) is 5.26 Å². The number of rotatable bonds is 4. The van der Waals surface area contributed by atoms with Crippen molar-refractivity contribution in [2.75, 3.05) is 13.1 Å². The van der Waals surface area contributed by atoms with E-state index in [4.69, 9.17) is 0 Å². The molecule has 2 heterocycles. The Balaban J connectivity index is 1.64. The largest absolute Gasteiger partial charge is 0.315 e. The van der Waals surface area contributed by atoms with E-state index in [0.29, 0.717) is 6.04 Å². The van der Waals surface area contributed by atoms with Crippen LogP contribution >= 0.6 is 0 Å². The van der Waals surface area contributed by atoms with E-state index in [0.717, 1.165) is 57.7 Å². The lowest BCUT2D eigenvalue weighted by atomic mass is 9.99. The Bertz CT molecular complexity index is 504. The molecule has 1 fully saturated rings. The smallest absolute Gasteiger partial charge is 0.147 e. The van der Waals surface area contributed by atoms with E-state index in [1.807, 2.05) is 6.33 Å². The van der Waals surface area contributed by atoms with Crippen LogP contribution in [0.1, 0.15) is 38.4 Å². The molecular weight excluding hydrogens is 252 g/mol. The van der Waals surface area contributed by atoms with Gasteiger partial charge < -0.3 is 4.57 Å². The van der Waals surface area contributed by atoms with Gasteiger partial charge in [0.15, 0.2) is 0 Å². The van der Waals surface area contributed by atoms with Crippen LogP contribution in [0.4, 0.5) is 0 Å². The zero-order valence-corrected chi connectivity index (χ0v) is 12.0. The SMILES string of the molecule is CCCNC1(C#N)CCC(N2CCn3cnnc3C2)C1. The van der Waals surface area contributed by atoms with Crippen molar-refractivity contribution in [1.82, 2.24) is 25.0 Å². The molecule has 0 bridgehead atoms. The van der Waals surface area contributed by atoms with Crippen LogP contribution in [-0.4, -0.2) is 44.3 Å². The maximum absolute atomic E-state index is 9.53. The third-order valence-electron chi connectivity index (χ3n) is 4.60. The van der Waals surface area contributed by atoms with Crippen LogP contribution in [-0.2, 0) is 13.1 Å². The second kappa shape index (κ2) is 5.51. The molecule has 1 aromatic heterocycles. The highest BCUT2D eigenvalue weighted by molar-refractivity contribution is 5.13. The van der Waals surface area contributed by atoms with E-state index < -0.39 is 0 Å². The fourth-order valence-corrected chi connectivity index (χ4v) is 3.39. The first-order valence-electron chi connectivity index (χ1n) is 7.53. The predicted octanol–water partition coefficient (Wildman–Crippen LogP) is 0.908. The quantitative estimate of drug-likeness (QED) is 0.883. The molecule has 2 atom stereocenters. The third kappa shape index (κ3) is 2.43. The topological polar surface area (TPSA) is 69.8 Å². The summed E-state index contributed by atoms with van der Waals surface area (Å²) in [4.78, 5) is 2.47. The standard InChI is InChI=1S/C14H22N6/c1-2-5-16-14(10-15)4-3-12(8-14)19-6-7-20-11-17-18-13(20)9-19/h11-12,16H,2-9H2,1H3. The Kier molecular flexibility index (Phi) is 3.72. The number of nitriles is 1. The van der Waals surface area contributed by atoms with Crippen molar-refractivity contribution in [2.24, 2.45) is 0 Å². The minimum Gasteiger partial charge on any atom is -0.315 e. The lowest BCUT2D eigenvalue weighted by Gasteiger charge is -2.33. The molecule has 0 radical (unpaired) electrons. The van der Waals surface area contributed by atoms with Crippen LogP contribution in [0.15, 0.2) is 6.33 Å². The molecule has 3 rings (SSSR count). The van der Waals surface area contributed by atoms with Crippen LogP contribution in [0.5, 0.6) is 0 Å². The van der Waals surface area contributed by atoms with Gasteiger partial charge in [0.25, 0.3) is 0 Å². The van der Waals surface area contributed by atoms with Gasteiger partial charge >= 0.3 is 0 Å². The van der Waals surface area contributed by atoms with E-state index in [2.05, 4.69) is 38.0 Å². The van der Waals surface area contributed by atoms with Crippen molar-refractivity contribution >= 4 is 0 Å². The minimum absolute atomic E-state index is 0.314. The number of nitrogens with one attached hydrogen (secondary N) is 1. The molecule has 0 saturated heterocycles. The summed E-state index contributed by atoms with van der Waals surface area (Å²) >= 11 is 0. The minimum atomic E-state index is -0.314. The maximum atomic E-state index is 9.53. The van der Waals surface area contributed by atoms with Crippen molar-refractivity contribution in [3.8, 4) is 6.07 Å². The molecule has 6 heteroatoms. The van der Waals surface area contributed by atoms with Crippen molar-refractivity contribution in [1.29, 1.82) is 5.26 Å². The Morgan fingerprint density at radius 3 is 3.25 bits per heavy atom. The van der Waals surface area contributed by atoms with E-state index in [1.54, 1.807) is 0 Å². The van der Waals surface area contributed by atoms with Crippen LogP contribution in [0, 0.1) is 11.3 Å². The second-order valence-electron chi connectivity index (χ2n) is 5.93. The maximum Gasteiger partial charge on any atom is 0.147 e. The van der Waals surface area contributed by atoms with Gasteiger partial charge in [-0.15, -0.1) is 10.2 Å². The number of fused-ring (bicyclic) bond motifs is 1. The highest BCUT2D eigenvalue weighted by atomic mass is 15.3. The van der Waals surface area contributed by atoms with Gasteiger partial charge in [0.05, 0.1) is 12.6 Å². The lowest BCUT2D eigenvalue weighted by Crippen LogP contribution is -2.45. The van der Waals surface area contributed by atoms with E-state index >= 15 is 0 Å². The van der Waals surface area contributed by atoms with Gasteiger partial charge in [-0.25, -0.2) is 0 Å². The lowest BCUT2D eigenvalue weighted by molar-refractivity contribution is 0.150. The molecule has 1 aliphatic heterocycles. The number of aromatic nitrogens is 3. The summed E-state index contributed by atoms with van der Waals surface area (Å²) in [6, 6.07) is 3.01. The van der Waals surface area contributed by atoms with Crippen molar-refractivity contribution < 1.29 is 0 Å². The Morgan fingerprint density at radius 2 is 2.45 bits per heavy atom. The molecule has 2 aliphatic rings. The van der Waals surface area contributed by atoms with Crippen LogP contribution in [0.25, 0.3) is 0 Å². The molecule has 2 unspecified atom stereocenters. The third-order valence-corrected chi connectivity index (χ3v) is 4.60. The van der Waals surface area contributed by atoms with Gasteiger partial charge in [-0.05, 0) is 32.2 Å². The monoisotopic (exact) mass is 274 g/mol. The fourth-order valence-electron chi connectivity index (χ4n) is 3.39. The first-order valence-corrected chi connectivity index (χ1v) is 7.53. The zero-order chi connectivity index (χ0) is 14.0. The van der Waals surface area contributed by atoms with Gasteiger partial charge in [-0.3, -0.25) is 10.2 Å². The molecule has 1 N–H and O–H groups in total. The zero-order valence-electron chi connectivity index (χ0n) is 12.0. The number of nitrogens with zero attached hydrogens (tertiary/aromatic N) is 5. The normalized spacial score (nSPS) is 30.1. The van der Waals surface area contributed by atoms with Gasteiger partial charge in [0, 0.05) is 19.1 Å². The summed E-state index contributed by atoms with van der Waals surface area (Å²) in [5.41, 5.74) is -0.314. The number of hydrogen-bond donors (Lipinski definition) is 1. The summed E-state index contributed by atoms with van der Waals surface area (Å²) in [7, 11) is 0. The molecular formula is C14H22N6. The summed E-state index contributed by atoms with van der Waals surface area (Å²) in [6.45, 7) is 5.92.